The van der Waals surface area contributed by atoms with Crippen LogP contribution in [-0.4, -0.2) is 22.4 Å². The lowest BCUT2D eigenvalue weighted by molar-refractivity contribution is -0.262. The van der Waals surface area contributed by atoms with Gasteiger partial charge in [-0.25, -0.2) is 4.39 Å². The average molecular weight is 480 g/mol. The average Bonchev–Trinajstić information content (AvgIpc) is 2.83. The van der Waals surface area contributed by atoms with E-state index in [1.165, 1.54) is 22.6 Å². The highest BCUT2D eigenvalue weighted by Crippen LogP contribution is 2.68. The Labute approximate surface area is 161 Å². The lowest BCUT2D eigenvalue weighted by Gasteiger charge is -2.60. The van der Waals surface area contributed by atoms with Gasteiger partial charge < -0.3 is 4.74 Å². The Hall–Kier alpha value is -0.0800. The van der Waals surface area contributed by atoms with Gasteiger partial charge >= 0.3 is 12.1 Å². The number of alkyl halides is 5. The first kappa shape index (κ1) is 23.0. The van der Waals surface area contributed by atoms with Gasteiger partial charge in [-0.2, -0.15) is 13.2 Å². The molecule has 0 bridgehead atoms. The van der Waals surface area contributed by atoms with Gasteiger partial charge in [-0.1, -0.05) is 41.5 Å². The van der Waals surface area contributed by atoms with Crippen molar-refractivity contribution in [2.45, 2.75) is 71.7 Å². The van der Waals surface area contributed by atoms with Gasteiger partial charge in [-0.3, -0.25) is 4.79 Å². The van der Waals surface area contributed by atoms with E-state index >= 15 is 4.39 Å². The molecule has 0 spiro atoms. The van der Waals surface area contributed by atoms with E-state index in [1.807, 2.05) is 13.8 Å². The van der Waals surface area contributed by atoms with Gasteiger partial charge in [0, 0.05) is 11.3 Å². The molecule has 0 saturated carbocycles. The van der Waals surface area contributed by atoms with Crippen LogP contribution in [0, 0.1) is 27.6 Å². The molecule has 7 heteroatoms. The highest BCUT2D eigenvalue weighted by atomic mass is 127. The Morgan fingerprint density at radius 3 is 1.64 bits per heavy atom. The smallest absolute Gasteiger partial charge is 0.397 e. The second-order valence-electron chi connectivity index (χ2n) is 9.25. The van der Waals surface area contributed by atoms with Gasteiger partial charge in [0.25, 0.3) is 0 Å². The molecular weight excluding hydrogens is 451 g/mol. The van der Waals surface area contributed by atoms with Gasteiger partial charge in [0.15, 0.2) is 3.68 Å². The molecule has 1 aliphatic heterocycles. The summed E-state index contributed by atoms with van der Waals surface area (Å²) in [4.78, 5) is 11.5. The van der Waals surface area contributed by atoms with Crippen molar-refractivity contribution >= 4 is 28.6 Å². The van der Waals surface area contributed by atoms with E-state index < -0.39 is 31.5 Å². The molecule has 148 valence electrons. The van der Waals surface area contributed by atoms with Crippen LogP contribution >= 0.6 is 22.6 Å². The maximum atomic E-state index is 15.9. The molecule has 1 rings (SSSR count). The molecule has 2 nitrogen and oxygen atoms in total. The molecule has 1 aliphatic rings. The highest BCUT2D eigenvalue weighted by molar-refractivity contribution is 14.1. The predicted molar refractivity (Wildman–Crippen MR) is 98.1 cm³/mol. The lowest BCUT2D eigenvalue weighted by Crippen LogP contribution is -2.62. The first-order valence-electron chi connectivity index (χ1n) is 8.35. The molecule has 0 aromatic rings. The molecule has 1 heterocycles. The van der Waals surface area contributed by atoms with Crippen molar-refractivity contribution in [1.82, 2.24) is 0 Å². The van der Waals surface area contributed by atoms with Crippen LogP contribution in [0.3, 0.4) is 0 Å². The fourth-order valence-corrected chi connectivity index (χ4v) is 4.62. The monoisotopic (exact) mass is 480 g/mol. The molecule has 0 amide bonds. The molecular formula is C18H29F4IO2. The summed E-state index contributed by atoms with van der Waals surface area (Å²) in [6, 6.07) is 0. The van der Waals surface area contributed by atoms with Gasteiger partial charge in [-0.15, -0.1) is 0 Å². The number of cyclic esters (lactones) is 1. The molecule has 1 saturated heterocycles. The Morgan fingerprint density at radius 1 is 0.880 bits per heavy atom. The quantitative estimate of drug-likeness (QED) is 0.199. The van der Waals surface area contributed by atoms with Gasteiger partial charge in [0.1, 0.15) is 5.41 Å². The van der Waals surface area contributed by atoms with E-state index in [2.05, 4.69) is 0 Å². The van der Waals surface area contributed by atoms with Crippen molar-refractivity contribution < 1.29 is 27.1 Å². The first-order chi connectivity index (χ1) is 10.7. The summed E-state index contributed by atoms with van der Waals surface area (Å²) in [5.74, 6) is -0.487. The zero-order valence-corrected chi connectivity index (χ0v) is 18.4. The van der Waals surface area contributed by atoms with Gasteiger partial charge in [0.2, 0.25) is 0 Å². The van der Waals surface area contributed by atoms with Crippen LogP contribution < -0.4 is 0 Å². The molecule has 2 unspecified atom stereocenters. The zero-order valence-electron chi connectivity index (χ0n) is 16.2. The summed E-state index contributed by atoms with van der Waals surface area (Å²) in [5.41, 5.74) is -5.38. The van der Waals surface area contributed by atoms with Crippen molar-refractivity contribution in [3.05, 3.63) is 0 Å². The van der Waals surface area contributed by atoms with Crippen molar-refractivity contribution in [2.24, 2.45) is 27.6 Å². The van der Waals surface area contributed by atoms with Crippen LogP contribution in [0.15, 0.2) is 0 Å². The molecule has 0 aromatic carbocycles. The summed E-state index contributed by atoms with van der Waals surface area (Å²) < 4.78 is 59.1. The molecule has 0 aromatic heterocycles. The maximum Gasteiger partial charge on any atom is 0.397 e. The number of halogens is 5. The summed E-state index contributed by atoms with van der Waals surface area (Å²) in [5, 5.41) is 0. The minimum absolute atomic E-state index is 0.171. The summed E-state index contributed by atoms with van der Waals surface area (Å²) in [6.07, 6.45) is -4.48. The van der Waals surface area contributed by atoms with E-state index in [4.69, 9.17) is 4.74 Å². The van der Waals surface area contributed by atoms with Crippen molar-refractivity contribution in [2.75, 3.05) is 6.61 Å². The SMILES string of the molecule is CC(C)(C1COC(=O)C1)C(C)(C)C(C)(C)C(F)(I)C(C)(C)C(F)(F)F. The zero-order chi connectivity index (χ0) is 20.3. The van der Waals surface area contributed by atoms with E-state index in [1.54, 1.807) is 27.7 Å². The number of rotatable bonds is 5. The first-order valence-corrected chi connectivity index (χ1v) is 9.43. The van der Waals surface area contributed by atoms with Crippen LogP contribution in [0.25, 0.3) is 0 Å². The standard InChI is InChI=1S/C18H29F4IO2/c1-13(2,11-9-12(24)25-10-11)14(3,4)15(5,6)17(19,23)16(7,8)18(20,21)22/h11H,9-10H2,1-8H3. The van der Waals surface area contributed by atoms with Crippen LogP contribution in [-0.2, 0) is 9.53 Å². The van der Waals surface area contributed by atoms with Crippen LogP contribution in [0.1, 0.15) is 61.8 Å². The third kappa shape index (κ3) is 3.20. The summed E-state index contributed by atoms with van der Waals surface area (Å²) >= 11 is 1.33. The third-order valence-corrected chi connectivity index (χ3v) is 10.0. The molecule has 2 atom stereocenters. The molecule has 1 fully saturated rings. The number of esters is 1. The van der Waals surface area contributed by atoms with Crippen molar-refractivity contribution in [1.29, 1.82) is 0 Å². The Balaban J connectivity index is 3.40. The number of carbonyl (C=O) groups excluding carboxylic acids is 1. The lowest BCUT2D eigenvalue weighted by atomic mass is 9.48. The number of ether oxygens (including phenoxy) is 1. The normalized spacial score (nSPS) is 23.4. The molecule has 25 heavy (non-hydrogen) atoms. The number of hydrogen-bond acceptors (Lipinski definition) is 2. The van der Waals surface area contributed by atoms with E-state index in [9.17, 15) is 18.0 Å². The molecule has 0 N–H and O–H groups in total. The van der Waals surface area contributed by atoms with Gasteiger partial charge in [0.05, 0.1) is 13.0 Å². The minimum Gasteiger partial charge on any atom is -0.465 e. The summed E-state index contributed by atoms with van der Waals surface area (Å²) in [6.45, 7) is 12.5. The number of carbonyl (C=O) groups is 1. The van der Waals surface area contributed by atoms with Crippen molar-refractivity contribution in [3.8, 4) is 0 Å². The second-order valence-corrected chi connectivity index (χ2v) is 10.7. The van der Waals surface area contributed by atoms with Crippen molar-refractivity contribution in [3.63, 3.8) is 0 Å². The van der Waals surface area contributed by atoms with E-state index in [-0.39, 0.29) is 24.9 Å². The van der Waals surface area contributed by atoms with Crippen LogP contribution in [0.5, 0.6) is 0 Å². The Morgan fingerprint density at radius 2 is 1.32 bits per heavy atom. The van der Waals surface area contributed by atoms with E-state index in [0.29, 0.717) is 0 Å². The van der Waals surface area contributed by atoms with E-state index in [0.717, 1.165) is 13.8 Å². The molecule has 0 aliphatic carbocycles. The predicted octanol–water partition coefficient (Wildman–Crippen LogP) is 6.32. The van der Waals surface area contributed by atoms with Gasteiger partial charge in [-0.05, 0) is 47.3 Å². The van der Waals surface area contributed by atoms with Crippen LogP contribution in [0.2, 0.25) is 0 Å². The minimum atomic E-state index is -4.69. The topological polar surface area (TPSA) is 26.3 Å². The fourth-order valence-electron chi connectivity index (χ4n) is 3.64. The van der Waals surface area contributed by atoms with Crippen LogP contribution in [0.4, 0.5) is 17.6 Å². The maximum absolute atomic E-state index is 15.9. The number of hydrogen-bond donors (Lipinski definition) is 0. The Bertz CT molecular complexity index is 534. The largest absolute Gasteiger partial charge is 0.465 e. The summed E-state index contributed by atoms with van der Waals surface area (Å²) in [7, 11) is 0. The Kier molecular flexibility index (Phi) is 5.72. The fraction of sp³-hybridized carbons (Fsp3) is 0.944. The third-order valence-electron chi connectivity index (χ3n) is 7.33. The second kappa shape index (κ2) is 6.23. The highest BCUT2D eigenvalue weighted by Gasteiger charge is 2.71. The molecule has 0 radical (unpaired) electrons.